The number of likely N-dealkylation sites (N-methyl/N-ethyl adjacent to an activating group) is 1. The normalized spacial score (nSPS) is 26.5. The molecule has 62 valence electrons. The van der Waals surface area contributed by atoms with Crippen molar-refractivity contribution < 1.29 is 4.79 Å². The first-order valence-corrected chi connectivity index (χ1v) is 4.16. The van der Waals surface area contributed by atoms with E-state index in [0.29, 0.717) is 6.04 Å². The molecule has 1 aliphatic heterocycles. The number of allylic oxidation sites excluding steroid dienone is 1. The second-order valence-electron chi connectivity index (χ2n) is 2.85. The maximum Gasteiger partial charge on any atom is 0.244 e. The lowest BCUT2D eigenvalue weighted by molar-refractivity contribution is -0.107. The number of hydrogen-bond donors (Lipinski definition) is 0. The zero-order chi connectivity index (χ0) is 8.27. The van der Waals surface area contributed by atoms with E-state index in [2.05, 4.69) is 11.9 Å². The summed E-state index contributed by atoms with van der Waals surface area (Å²) in [4.78, 5) is 12.6. The zero-order valence-electron chi connectivity index (χ0n) is 6.59. The van der Waals surface area contributed by atoms with E-state index in [-0.39, 0.29) is 5.24 Å². The molecule has 1 heterocycles. The van der Waals surface area contributed by atoms with Crippen molar-refractivity contribution >= 4 is 16.8 Å². The van der Waals surface area contributed by atoms with Gasteiger partial charge in [-0.3, -0.25) is 9.69 Å². The highest BCUT2D eigenvalue weighted by Crippen LogP contribution is 2.15. The van der Waals surface area contributed by atoms with Gasteiger partial charge in [0.15, 0.2) is 0 Å². The van der Waals surface area contributed by atoms with Crippen molar-refractivity contribution in [3.05, 3.63) is 12.2 Å². The molecule has 11 heavy (non-hydrogen) atoms. The summed E-state index contributed by atoms with van der Waals surface area (Å²) in [6.45, 7) is 1.12. The number of nitrogens with zero attached hydrogens (tertiary/aromatic N) is 1. The minimum atomic E-state index is -0.384. The predicted octanol–water partition coefficient (Wildman–Crippen LogP) is 1.40. The second kappa shape index (κ2) is 3.88. The summed E-state index contributed by atoms with van der Waals surface area (Å²) in [5, 5.41) is -0.384. The van der Waals surface area contributed by atoms with Crippen LogP contribution >= 0.6 is 11.6 Å². The van der Waals surface area contributed by atoms with Gasteiger partial charge in [0.25, 0.3) is 0 Å². The van der Waals surface area contributed by atoms with Crippen LogP contribution in [-0.4, -0.2) is 29.8 Å². The Labute approximate surface area is 71.8 Å². The smallest absolute Gasteiger partial charge is 0.244 e. The van der Waals surface area contributed by atoms with Crippen molar-refractivity contribution in [3.63, 3.8) is 0 Å². The Hall–Kier alpha value is -0.340. The van der Waals surface area contributed by atoms with Crippen LogP contribution in [0.25, 0.3) is 0 Å². The van der Waals surface area contributed by atoms with E-state index in [0.717, 1.165) is 13.0 Å². The highest BCUT2D eigenvalue weighted by atomic mass is 35.5. The van der Waals surface area contributed by atoms with Crippen LogP contribution in [0.5, 0.6) is 0 Å². The highest BCUT2D eigenvalue weighted by Gasteiger charge is 2.17. The number of rotatable bonds is 2. The van der Waals surface area contributed by atoms with Crippen LogP contribution in [0.15, 0.2) is 12.2 Å². The minimum absolute atomic E-state index is 0.384. The number of hydrogen-bond acceptors (Lipinski definition) is 2. The van der Waals surface area contributed by atoms with E-state index in [1.165, 1.54) is 12.5 Å². The Morgan fingerprint density at radius 2 is 2.45 bits per heavy atom. The van der Waals surface area contributed by atoms with Crippen LogP contribution in [-0.2, 0) is 4.79 Å². The van der Waals surface area contributed by atoms with Gasteiger partial charge in [0.1, 0.15) is 0 Å². The molecule has 0 aromatic rings. The first kappa shape index (κ1) is 8.75. The molecule has 2 nitrogen and oxygen atoms in total. The molecule has 0 aliphatic carbocycles. The maximum atomic E-state index is 10.4. The van der Waals surface area contributed by atoms with Gasteiger partial charge >= 0.3 is 0 Å². The van der Waals surface area contributed by atoms with Gasteiger partial charge in [0.05, 0.1) is 0 Å². The summed E-state index contributed by atoms with van der Waals surface area (Å²) in [6.07, 6.45) is 5.66. The Balaban J connectivity index is 2.42. The average Bonchev–Trinajstić information content (AvgIpc) is 2.31. The van der Waals surface area contributed by atoms with Crippen LogP contribution in [0.1, 0.15) is 12.8 Å². The van der Waals surface area contributed by atoms with Crippen LogP contribution in [0.4, 0.5) is 0 Å². The molecule has 1 saturated heterocycles. The van der Waals surface area contributed by atoms with Crippen molar-refractivity contribution in [2.24, 2.45) is 0 Å². The number of carbonyl (C=O) groups excluding carboxylic acids is 1. The van der Waals surface area contributed by atoms with E-state index in [1.807, 2.05) is 6.08 Å². The fraction of sp³-hybridized carbons (Fsp3) is 0.625. The van der Waals surface area contributed by atoms with Crippen LogP contribution in [0.2, 0.25) is 0 Å². The fourth-order valence-corrected chi connectivity index (χ4v) is 1.44. The lowest BCUT2D eigenvalue weighted by Crippen LogP contribution is -2.22. The fourth-order valence-electron chi connectivity index (χ4n) is 1.37. The molecule has 0 aromatic heterocycles. The maximum absolute atomic E-state index is 10.4. The van der Waals surface area contributed by atoms with Gasteiger partial charge in [-0.05, 0) is 44.1 Å². The van der Waals surface area contributed by atoms with E-state index in [4.69, 9.17) is 11.6 Å². The lowest BCUT2D eigenvalue weighted by atomic mass is 10.2. The molecule has 1 fully saturated rings. The topological polar surface area (TPSA) is 20.3 Å². The molecule has 0 aromatic carbocycles. The van der Waals surface area contributed by atoms with E-state index in [9.17, 15) is 4.79 Å². The second-order valence-corrected chi connectivity index (χ2v) is 3.23. The molecule has 3 heteroatoms. The highest BCUT2D eigenvalue weighted by molar-refractivity contribution is 6.66. The Morgan fingerprint density at radius 1 is 1.73 bits per heavy atom. The number of likely N-dealkylation sites (tertiary alicyclic amines) is 1. The van der Waals surface area contributed by atoms with E-state index < -0.39 is 0 Å². The summed E-state index contributed by atoms with van der Waals surface area (Å²) >= 11 is 5.16. The van der Waals surface area contributed by atoms with Crippen molar-refractivity contribution in [1.29, 1.82) is 0 Å². The third-order valence-electron chi connectivity index (χ3n) is 2.03. The van der Waals surface area contributed by atoms with E-state index >= 15 is 0 Å². The van der Waals surface area contributed by atoms with Crippen LogP contribution in [0.3, 0.4) is 0 Å². The summed E-state index contributed by atoms with van der Waals surface area (Å²) < 4.78 is 0. The molecule has 0 radical (unpaired) electrons. The monoisotopic (exact) mass is 173 g/mol. The molecular weight excluding hydrogens is 162 g/mol. The minimum Gasteiger partial charge on any atom is -0.300 e. The Bertz CT molecular complexity index is 179. The number of carbonyl (C=O) groups is 1. The third-order valence-corrected chi connectivity index (χ3v) is 2.15. The first-order chi connectivity index (χ1) is 5.20. The van der Waals surface area contributed by atoms with Crippen molar-refractivity contribution in [2.75, 3.05) is 13.6 Å². The molecule has 0 bridgehead atoms. The first-order valence-electron chi connectivity index (χ1n) is 3.78. The van der Waals surface area contributed by atoms with Gasteiger partial charge in [0, 0.05) is 6.04 Å². The lowest BCUT2D eigenvalue weighted by Gasteiger charge is -2.14. The quantitative estimate of drug-likeness (QED) is 0.465. The SMILES string of the molecule is CN1CCC[C@@H]1/C=C/C(=O)Cl. The molecule has 0 unspecified atom stereocenters. The zero-order valence-corrected chi connectivity index (χ0v) is 7.34. The third kappa shape index (κ3) is 2.64. The van der Waals surface area contributed by atoms with Gasteiger partial charge in [0.2, 0.25) is 5.24 Å². The van der Waals surface area contributed by atoms with Crippen LogP contribution < -0.4 is 0 Å². The number of halogens is 1. The summed E-state index contributed by atoms with van der Waals surface area (Å²) in [7, 11) is 2.06. The summed E-state index contributed by atoms with van der Waals surface area (Å²) in [5.41, 5.74) is 0. The van der Waals surface area contributed by atoms with Gasteiger partial charge in [-0.1, -0.05) is 6.08 Å². The molecule has 0 saturated carbocycles. The largest absolute Gasteiger partial charge is 0.300 e. The van der Waals surface area contributed by atoms with Crippen molar-refractivity contribution in [2.45, 2.75) is 18.9 Å². The van der Waals surface area contributed by atoms with Gasteiger partial charge in [-0.2, -0.15) is 0 Å². The van der Waals surface area contributed by atoms with Gasteiger partial charge in [-0.25, -0.2) is 0 Å². The van der Waals surface area contributed by atoms with Crippen molar-refractivity contribution in [3.8, 4) is 0 Å². The predicted molar refractivity (Wildman–Crippen MR) is 45.7 cm³/mol. The summed E-state index contributed by atoms with van der Waals surface area (Å²) in [5.74, 6) is 0. The molecule has 1 atom stereocenters. The van der Waals surface area contributed by atoms with Crippen LogP contribution in [0, 0.1) is 0 Å². The van der Waals surface area contributed by atoms with E-state index in [1.54, 1.807) is 0 Å². The van der Waals surface area contributed by atoms with Gasteiger partial charge in [-0.15, -0.1) is 0 Å². The van der Waals surface area contributed by atoms with Gasteiger partial charge < -0.3 is 0 Å². The molecule has 1 rings (SSSR count). The Morgan fingerprint density at radius 3 is 2.91 bits per heavy atom. The molecule has 0 spiro atoms. The average molecular weight is 174 g/mol. The molecule has 0 amide bonds. The molecule has 0 N–H and O–H groups in total. The van der Waals surface area contributed by atoms with Crippen molar-refractivity contribution in [1.82, 2.24) is 4.90 Å². The summed E-state index contributed by atoms with van der Waals surface area (Å²) in [6, 6.07) is 0.415. The standard InChI is InChI=1S/C8H12ClNO/c1-10-6-2-3-7(10)4-5-8(9)11/h4-5,7H,2-3,6H2,1H3/b5-4+/t7-/m1/s1. The Kier molecular flexibility index (Phi) is 3.09. The molecular formula is C8H12ClNO. The molecule has 1 aliphatic rings.